The van der Waals surface area contributed by atoms with Crippen molar-refractivity contribution in [1.29, 1.82) is 0 Å². The maximum absolute atomic E-state index is 13.4. The molecule has 20 heavy (non-hydrogen) atoms. The van der Waals surface area contributed by atoms with Crippen LogP contribution in [0.3, 0.4) is 0 Å². The summed E-state index contributed by atoms with van der Waals surface area (Å²) < 4.78 is 13.4. The number of nitrogens with zero attached hydrogens (tertiary/aromatic N) is 2. The number of halogens is 1. The van der Waals surface area contributed by atoms with E-state index in [1.54, 1.807) is 11.1 Å². The van der Waals surface area contributed by atoms with Gasteiger partial charge in [-0.05, 0) is 31.0 Å². The predicted molar refractivity (Wildman–Crippen MR) is 71.0 cm³/mol. The second-order valence-corrected chi connectivity index (χ2v) is 5.83. The Morgan fingerprint density at radius 2 is 2.30 bits per heavy atom. The minimum absolute atomic E-state index is 0.0311. The van der Waals surface area contributed by atoms with Gasteiger partial charge in [0.1, 0.15) is 12.1 Å². The van der Waals surface area contributed by atoms with Crippen molar-refractivity contribution in [1.82, 2.24) is 10.0 Å². The van der Waals surface area contributed by atoms with E-state index < -0.39 is 5.41 Å². The molecule has 3 rings (SSSR count). The second kappa shape index (κ2) is 4.66. The molecule has 2 saturated heterocycles. The van der Waals surface area contributed by atoms with Crippen LogP contribution in [0.4, 0.5) is 4.39 Å². The summed E-state index contributed by atoms with van der Waals surface area (Å²) in [6.45, 7) is 3.16. The number of hydrazine groups is 1. The van der Waals surface area contributed by atoms with E-state index in [4.69, 9.17) is 0 Å². The van der Waals surface area contributed by atoms with Crippen LogP contribution in [0.2, 0.25) is 0 Å². The SMILES string of the molecule is CC1(CC=O)CN2CCC(c3cccc(F)c3)N2C1=O. The van der Waals surface area contributed by atoms with Gasteiger partial charge in [0.05, 0.1) is 11.5 Å². The van der Waals surface area contributed by atoms with E-state index in [1.165, 1.54) is 12.1 Å². The van der Waals surface area contributed by atoms with Crippen molar-refractivity contribution in [2.24, 2.45) is 5.41 Å². The van der Waals surface area contributed by atoms with Gasteiger partial charge in [-0.25, -0.2) is 9.40 Å². The summed E-state index contributed by atoms with van der Waals surface area (Å²) in [6, 6.07) is 6.28. The molecule has 5 heteroatoms. The van der Waals surface area contributed by atoms with Crippen LogP contribution >= 0.6 is 0 Å². The molecule has 2 atom stereocenters. The second-order valence-electron chi connectivity index (χ2n) is 5.83. The van der Waals surface area contributed by atoms with Crippen LogP contribution in [-0.4, -0.2) is 35.3 Å². The third-order valence-electron chi connectivity index (χ3n) is 4.28. The van der Waals surface area contributed by atoms with E-state index in [0.717, 1.165) is 24.8 Å². The van der Waals surface area contributed by atoms with Crippen molar-refractivity contribution in [2.75, 3.05) is 13.1 Å². The zero-order valence-electron chi connectivity index (χ0n) is 11.4. The van der Waals surface area contributed by atoms with Crippen molar-refractivity contribution in [3.05, 3.63) is 35.6 Å². The van der Waals surface area contributed by atoms with Gasteiger partial charge in [-0.1, -0.05) is 12.1 Å². The van der Waals surface area contributed by atoms with Gasteiger partial charge in [0, 0.05) is 19.5 Å². The van der Waals surface area contributed by atoms with E-state index in [9.17, 15) is 14.0 Å². The third-order valence-corrected chi connectivity index (χ3v) is 4.28. The molecule has 0 N–H and O–H groups in total. The van der Waals surface area contributed by atoms with Gasteiger partial charge in [0.2, 0.25) is 5.91 Å². The molecule has 0 bridgehead atoms. The summed E-state index contributed by atoms with van der Waals surface area (Å²) in [5.74, 6) is -0.320. The summed E-state index contributed by atoms with van der Waals surface area (Å²) in [4.78, 5) is 23.4. The quantitative estimate of drug-likeness (QED) is 0.792. The van der Waals surface area contributed by atoms with Gasteiger partial charge in [-0.15, -0.1) is 0 Å². The maximum atomic E-state index is 13.4. The highest BCUT2D eigenvalue weighted by molar-refractivity contribution is 5.87. The Bertz CT molecular complexity index is 563. The van der Waals surface area contributed by atoms with E-state index in [0.29, 0.717) is 6.54 Å². The molecule has 0 aromatic heterocycles. The smallest absolute Gasteiger partial charge is 0.245 e. The van der Waals surface area contributed by atoms with Gasteiger partial charge in [-0.2, -0.15) is 0 Å². The molecule has 4 nitrogen and oxygen atoms in total. The predicted octanol–water partition coefficient (Wildman–Crippen LogP) is 1.93. The summed E-state index contributed by atoms with van der Waals surface area (Å²) >= 11 is 0. The zero-order valence-corrected chi connectivity index (χ0v) is 11.4. The molecule has 1 aromatic rings. The molecule has 2 unspecified atom stereocenters. The van der Waals surface area contributed by atoms with E-state index in [1.807, 2.05) is 18.0 Å². The minimum atomic E-state index is -0.645. The number of hydrogen-bond donors (Lipinski definition) is 0. The highest BCUT2D eigenvalue weighted by atomic mass is 19.1. The normalized spacial score (nSPS) is 29.8. The number of aldehydes is 1. The Balaban J connectivity index is 1.90. The number of hydrogen-bond acceptors (Lipinski definition) is 3. The fraction of sp³-hybridized carbons (Fsp3) is 0.467. The number of rotatable bonds is 3. The van der Waals surface area contributed by atoms with Crippen LogP contribution in [0.25, 0.3) is 0 Å². The third kappa shape index (κ3) is 1.93. The van der Waals surface area contributed by atoms with Gasteiger partial charge < -0.3 is 4.79 Å². The van der Waals surface area contributed by atoms with Crippen LogP contribution < -0.4 is 0 Å². The Kier molecular flexibility index (Phi) is 3.09. The van der Waals surface area contributed by atoms with E-state index >= 15 is 0 Å². The molecule has 0 saturated carbocycles. The molecule has 2 aliphatic heterocycles. The summed E-state index contributed by atoms with van der Waals surface area (Å²) in [5, 5.41) is 3.71. The molecular weight excluding hydrogens is 259 g/mol. The molecule has 0 radical (unpaired) electrons. The number of benzene rings is 1. The largest absolute Gasteiger partial charge is 0.303 e. The molecule has 1 aromatic carbocycles. The van der Waals surface area contributed by atoms with Crippen molar-refractivity contribution >= 4 is 12.2 Å². The first-order chi connectivity index (χ1) is 9.55. The summed E-state index contributed by atoms with van der Waals surface area (Å²) in [6.07, 6.45) is 1.83. The van der Waals surface area contributed by atoms with E-state index in [2.05, 4.69) is 0 Å². The van der Waals surface area contributed by atoms with Gasteiger partial charge in [0.15, 0.2) is 0 Å². The average Bonchev–Trinajstić information content (AvgIpc) is 2.90. The number of fused-ring (bicyclic) bond motifs is 1. The van der Waals surface area contributed by atoms with Crippen molar-refractivity contribution in [3.8, 4) is 0 Å². The van der Waals surface area contributed by atoms with Gasteiger partial charge in [-0.3, -0.25) is 9.80 Å². The maximum Gasteiger partial charge on any atom is 0.245 e. The number of carbonyl (C=O) groups excluding carboxylic acids is 2. The first-order valence-corrected chi connectivity index (χ1v) is 6.83. The fourth-order valence-corrected chi connectivity index (χ4v) is 3.23. The van der Waals surface area contributed by atoms with Crippen LogP contribution in [0.1, 0.15) is 31.4 Å². The molecule has 2 fully saturated rings. The summed E-state index contributed by atoms with van der Waals surface area (Å²) in [7, 11) is 0. The average molecular weight is 276 g/mol. The van der Waals surface area contributed by atoms with Gasteiger partial charge >= 0.3 is 0 Å². The Hall–Kier alpha value is -1.75. The first kappa shape index (κ1) is 13.2. The van der Waals surface area contributed by atoms with Crippen molar-refractivity contribution in [3.63, 3.8) is 0 Å². The molecule has 106 valence electrons. The molecular formula is C15H17FN2O2. The Labute approximate surface area is 117 Å². The van der Waals surface area contributed by atoms with Crippen molar-refractivity contribution in [2.45, 2.75) is 25.8 Å². The summed E-state index contributed by atoms with van der Waals surface area (Å²) in [5.41, 5.74) is 0.171. The molecule has 1 amide bonds. The minimum Gasteiger partial charge on any atom is -0.303 e. The number of amides is 1. The lowest BCUT2D eigenvalue weighted by molar-refractivity contribution is -0.143. The van der Waals surface area contributed by atoms with Crippen LogP contribution in [0.15, 0.2) is 24.3 Å². The highest BCUT2D eigenvalue weighted by Crippen LogP contribution is 2.43. The lowest BCUT2D eigenvalue weighted by atomic mass is 9.86. The van der Waals surface area contributed by atoms with Crippen LogP contribution in [0, 0.1) is 11.2 Å². The van der Waals surface area contributed by atoms with Crippen LogP contribution in [-0.2, 0) is 9.59 Å². The fourth-order valence-electron chi connectivity index (χ4n) is 3.23. The monoisotopic (exact) mass is 276 g/mol. The highest BCUT2D eigenvalue weighted by Gasteiger charge is 2.52. The zero-order chi connectivity index (χ0) is 14.3. The van der Waals surface area contributed by atoms with Gasteiger partial charge in [0.25, 0.3) is 0 Å². The Morgan fingerprint density at radius 1 is 1.50 bits per heavy atom. The molecule has 0 spiro atoms. The number of carbonyl (C=O) groups is 2. The topological polar surface area (TPSA) is 40.6 Å². The molecule has 0 aliphatic carbocycles. The first-order valence-electron chi connectivity index (χ1n) is 6.83. The lowest BCUT2D eigenvalue weighted by Gasteiger charge is -2.26. The lowest BCUT2D eigenvalue weighted by Crippen LogP contribution is -2.36. The van der Waals surface area contributed by atoms with Crippen molar-refractivity contribution < 1.29 is 14.0 Å². The van der Waals surface area contributed by atoms with E-state index in [-0.39, 0.29) is 24.2 Å². The van der Waals surface area contributed by atoms with Crippen LogP contribution in [0.5, 0.6) is 0 Å². The Morgan fingerprint density at radius 3 is 3.00 bits per heavy atom. The standard InChI is InChI=1S/C15H17FN2O2/c1-15(6-8-19)10-17-7-5-13(18(17)14(15)20)11-3-2-4-12(16)9-11/h2-4,8-9,13H,5-7,10H2,1H3. The molecule has 2 aliphatic rings. The molecule has 2 heterocycles.